The molecule has 0 amide bonds. The van der Waals surface area contributed by atoms with Gasteiger partial charge in [-0.1, -0.05) is 0 Å². The molecule has 2 aromatic rings. The highest BCUT2D eigenvalue weighted by molar-refractivity contribution is 7.80. The van der Waals surface area contributed by atoms with Crippen LogP contribution >= 0.6 is 12.2 Å². The van der Waals surface area contributed by atoms with Crippen LogP contribution in [-0.4, -0.2) is 31.5 Å². The molecule has 2 N–H and O–H groups in total. The van der Waals surface area contributed by atoms with E-state index >= 15 is 0 Å². The number of thiocarbonyl (C=S) groups is 1. The highest BCUT2D eigenvalue weighted by Gasteiger charge is 2.06. The van der Waals surface area contributed by atoms with Gasteiger partial charge in [-0.2, -0.15) is 0 Å². The molecule has 25 heavy (non-hydrogen) atoms. The number of rotatable bonds is 8. The Balaban J connectivity index is 1.75. The van der Waals surface area contributed by atoms with E-state index in [0.717, 1.165) is 22.9 Å². The molecule has 6 heteroatoms. The standard InChI is InChI=1S/C19H24N2O3S/c1-4-23-17-7-5-15(6-8-17)21-19(25)20-14(2)13-24-18-11-9-16(22-3)10-12-18/h5-12,14H,4,13H2,1-3H3,(H2,20,21,25)/t14-/m0/s1. The SMILES string of the molecule is CCOc1ccc(NC(=S)N[C@@H](C)COc2ccc(OC)cc2)cc1. The lowest BCUT2D eigenvalue weighted by Gasteiger charge is -2.18. The number of nitrogens with one attached hydrogen (secondary N) is 2. The minimum atomic E-state index is 0.0600. The Morgan fingerprint density at radius 3 is 2.12 bits per heavy atom. The number of benzene rings is 2. The molecule has 1 atom stereocenters. The van der Waals surface area contributed by atoms with E-state index in [-0.39, 0.29) is 6.04 Å². The topological polar surface area (TPSA) is 51.8 Å². The highest BCUT2D eigenvalue weighted by atomic mass is 32.1. The van der Waals surface area contributed by atoms with Crippen LogP contribution in [0.5, 0.6) is 17.2 Å². The second-order valence-corrected chi connectivity index (χ2v) is 5.85. The summed E-state index contributed by atoms with van der Waals surface area (Å²) in [5.74, 6) is 2.44. The predicted octanol–water partition coefficient (Wildman–Crippen LogP) is 3.85. The van der Waals surface area contributed by atoms with Crippen LogP contribution in [0.3, 0.4) is 0 Å². The van der Waals surface area contributed by atoms with Crippen molar-refractivity contribution in [1.29, 1.82) is 0 Å². The molecule has 0 unspecified atom stereocenters. The maximum Gasteiger partial charge on any atom is 0.171 e. The fourth-order valence-electron chi connectivity index (χ4n) is 2.13. The summed E-state index contributed by atoms with van der Waals surface area (Å²) < 4.78 is 16.3. The molecule has 5 nitrogen and oxygen atoms in total. The Morgan fingerprint density at radius 2 is 1.52 bits per heavy atom. The van der Waals surface area contributed by atoms with Crippen molar-refractivity contribution in [3.05, 3.63) is 48.5 Å². The van der Waals surface area contributed by atoms with Gasteiger partial charge in [-0.15, -0.1) is 0 Å². The lowest BCUT2D eigenvalue weighted by atomic mass is 10.3. The fourth-order valence-corrected chi connectivity index (χ4v) is 2.45. The van der Waals surface area contributed by atoms with Gasteiger partial charge in [0.05, 0.1) is 19.8 Å². The summed E-state index contributed by atoms with van der Waals surface area (Å²) in [6, 6.07) is 15.2. The molecule has 0 radical (unpaired) electrons. The molecule has 0 fully saturated rings. The molecule has 0 spiro atoms. The first-order valence-electron chi connectivity index (χ1n) is 8.18. The number of hydrogen-bond acceptors (Lipinski definition) is 4. The zero-order valence-corrected chi connectivity index (χ0v) is 15.6. The molecule has 0 saturated heterocycles. The summed E-state index contributed by atoms with van der Waals surface area (Å²) in [6.07, 6.45) is 0. The van der Waals surface area contributed by atoms with Crippen LogP contribution in [0.2, 0.25) is 0 Å². The molecule has 0 aliphatic heterocycles. The summed E-state index contributed by atoms with van der Waals surface area (Å²) in [6.45, 7) is 5.12. The van der Waals surface area contributed by atoms with E-state index in [2.05, 4.69) is 10.6 Å². The van der Waals surface area contributed by atoms with E-state index < -0.39 is 0 Å². The molecule has 0 heterocycles. The number of anilines is 1. The van der Waals surface area contributed by atoms with E-state index in [1.165, 1.54) is 0 Å². The maximum atomic E-state index is 5.74. The lowest BCUT2D eigenvalue weighted by molar-refractivity contribution is 0.286. The van der Waals surface area contributed by atoms with E-state index in [4.69, 9.17) is 26.4 Å². The first-order chi connectivity index (χ1) is 12.1. The third-order valence-electron chi connectivity index (χ3n) is 3.36. The van der Waals surface area contributed by atoms with Gasteiger partial charge in [0.2, 0.25) is 0 Å². The van der Waals surface area contributed by atoms with Gasteiger partial charge in [0, 0.05) is 5.69 Å². The molecule has 134 valence electrons. The molecule has 0 aromatic heterocycles. The van der Waals surface area contributed by atoms with Crippen LogP contribution in [-0.2, 0) is 0 Å². The summed E-state index contributed by atoms with van der Waals surface area (Å²) >= 11 is 5.33. The van der Waals surface area contributed by atoms with Gasteiger partial charge in [-0.05, 0) is 74.6 Å². The Morgan fingerprint density at radius 1 is 0.960 bits per heavy atom. The van der Waals surface area contributed by atoms with E-state index in [0.29, 0.717) is 18.3 Å². The summed E-state index contributed by atoms with van der Waals surface area (Å²) in [7, 11) is 1.64. The van der Waals surface area contributed by atoms with Gasteiger partial charge in [-0.3, -0.25) is 0 Å². The monoisotopic (exact) mass is 360 g/mol. The predicted molar refractivity (Wildman–Crippen MR) is 105 cm³/mol. The molecular weight excluding hydrogens is 336 g/mol. The van der Waals surface area contributed by atoms with Gasteiger partial charge in [0.15, 0.2) is 5.11 Å². The van der Waals surface area contributed by atoms with Crippen molar-refractivity contribution in [2.75, 3.05) is 25.6 Å². The zero-order chi connectivity index (χ0) is 18.1. The second kappa shape index (κ2) is 9.74. The summed E-state index contributed by atoms with van der Waals surface area (Å²) in [4.78, 5) is 0. The van der Waals surface area contributed by atoms with Crippen molar-refractivity contribution < 1.29 is 14.2 Å². The normalized spacial score (nSPS) is 11.3. The Kier molecular flexibility index (Phi) is 7.35. The molecular formula is C19H24N2O3S. The van der Waals surface area contributed by atoms with Gasteiger partial charge >= 0.3 is 0 Å². The number of hydrogen-bond donors (Lipinski definition) is 2. The van der Waals surface area contributed by atoms with Gasteiger partial charge in [-0.25, -0.2) is 0 Å². The third-order valence-corrected chi connectivity index (χ3v) is 3.58. The Bertz CT molecular complexity index is 659. The fraction of sp³-hybridized carbons (Fsp3) is 0.316. The average Bonchev–Trinajstić information content (AvgIpc) is 2.62. The molecule has 2 aromatic carbocycles. The molecule has 0 bridgehead atoms. The molecule has 0 aliphatic rings. The number of ether oxygens (including phenoxy) is 3. The first-order valence-corrected chi connectivity index (χ1v) is 8.58. The quantitative estimate of drug-likeness (QED) is 0.698. The summed E-state index contributed by atoms with van der Waals surface area (Å²) in [5, 5.41) is 6.90. The van der Waals surface area contributed by atoms with Gasteiger partial charge in [0.1, 0.15) is 23.9 Å². The Labute approximate surface area is 154 Å². The van der Waals surface area contributed by atoms with Crippen LogP contribution in [0, 0.1) is 0 Å². The maximum absolute atomic E-state index is 5.74. The first kappa shape index (κ1) is 18.9. The molecule has 0 aliphatic carbocycles. The van der Waals surface area contributed by atoms with Crippen LogP contribution < -0.4 is 24.8 Å². The van der Waals surface area contributed by atoms with E-state index in [1.807, 2.05) is 62.4 Å². The average molecular weight is 360 g/mol. The van der Waals surface area contributed by atoms with Crippen molar-refractivity contribution in [1.82, 2.24) is 5.32 Å². The zero-order valence-electron chi connectivity index (χ0n) is 14.7. The van der Waals surface area contributed by atoms with Crippen LogP contribution in [0.4, 0.5) is 5.69 Å². The third kappa shape index (κ3) is 6.51. The van der Waals surface area contributed by atoms with Crippen molar-refractivity contribution in [2.45, 2.75) is 19.9 Å². The second-order valence-electron chi connectivity index (χ2n) is 5.44. The van der Waals surface area contributed by atoms with Crippen molar-refractivity contribution in [2.24, 2.45) is 0 Å². The summed E-state index contributed by atoms with van der Waals surface area (Å²) in [5.41, 5.74) is 0.907. The molecule has 0 saturated carbocycles. The number of methoxy groups -OCH3 is 1. The van der Waals surface area contributed by atoms with Crippen LogP contribution in [0.15, 0.2) is 48.5 Å². The van der Waals surface area contributed by atoms with Crippen LogP contribution in [0.25, 0.3) is 0 Å². The largest absolute Gasteiger partial charge is 0.497 e. The van der Waals surface area contributed by atoms with Crippen LogP contribution in [0.1, 0.15) is 13.8 Å². The highest BCUT2D eigenvalue weighted by Crippen LogP contribution is 2.17. The lowest BCUT2D eigenvalue weighted by Crippen LogP contribution is -2.39. The van der Waals surface area contributed by atoms with E-state index in [1.54, 1.807) is 7.11 Å². The Hall–Kier alpha value is -2.47. The van der Waals surface area contributed by atoms with E-state index in [9.17, 15) is 0 Å². The minimum absolute atomic E-state index is 0.0600. The smallest absolute Gasteiger partial charge is 0.171 e. The van der Waals surface area contributed by atoms with Crippen molar-refractivity contribution in [3.63, 3.8) is 0 Å². The molecule has 2 rings (SSSR count). The minimum Gasteiger partial charge on any atom is -0.497 e. The van der Waals surface area contributed by atoms with Crippen molar-refractivity contribution >= 4 is 23.0 Å². The van der Waals surface area contributed by atoms with Gasteiger partial charge in [0.25, 0.3) is 0 Å². The van der Waals surface area contributed by atoms with Gasteiger partial charge < -0.3 is 24.8 Å². The van der Waals surface area contributed by atoms with Crippen molar-refractivity contribution in [3.8, 4) is 17.2 Å².